The minimum atomic E-state index is -0.538. The second-order valence-electron chi connectivity index (χ2n) is 3.75. The molecule has 1 heterocycles. The molecule has 2 aromatic rings. The average molecular weight is 296 g/mol. The molecule has 0 bridgehead atoms. The number of nitrogens with zero attached hydrogens (tertiary/aromatic N) is 4. The highest BCUT2D eigenvalue weighted by molar-refractivity contribution is 7.99. The summed E-state index contributed by atoms with van der Waals surface area (Å²) in [5.74, 6) is -0.0569. The molecule has 1 aromatic heterocycles. The molecule has 2 rings (SSSR count). The van der Waals surface area contributed by atoms with Gasteiger partial charge in [-0.1, -0.05) is 0 Å². The Balaban J connectivity index is 1.90. The monoisotopic (exact) mass is 296 g/mol. The number of thioether (sulfide) groups is 1. The van der Waals surface area contributed by atoms with Crippen molar-refractivity contribution >= 4 is 17.7 Å². The summed E-state index contributed by atoms with van der Waals surface area (Å²) in [5.41, 5.74) is 0. The van der Waals surface area contributed by atoms with E-state index in [1.165, 1.54) is 28.6 Å². The van der Waals surface area contributed by atoms with Crippen LogP contribution < -0.4 is 0 Å². The van der Waals surface area contributed by atoms with Gasteiger partial charge in [-0.2, -0.15) is 0 Å². The third-order valence-corrected chi connectivity index (χ3v) is 3.37. The Bertz CT molecular complexity index is 573. The lowest BCUT2D eigenvalue weighted by atomic mass is 10.4. The summed E-state index contributed by atoms with van der Waals surface area (Å²) in [6.07, 6.45) is 0. The predicted molar refractivity (Wildman–Crippen MR) is 70.9 cm³/mol. The van der Waals surface area contributed by atoms with E-state index in [0.29, 0.717) is 12.3 Å². The van der Waals surface area contributed by atoms with Gasteiger partial charge in [0.1, 0.15) is 5.82 Å². The fourth-order valence-corrected chi connectivity index (χ4v) is 2.31. The minimum absolute atomic E-state index is 0.0894. The maximum Gasteiger partial charge on any atom is 0.378 e. The van der Waals surface area contributed by atoms with Crippen LogP contribution in [0, 0.1) is 5.82 Å². The number of halogens is 1. The maximum absolute atomic E-state index is 12.8. The van der Waals surface area contributed by atoms with Crippen LogP contribution in [0.1, 0.15) is 17.5 Å². The van der Waals surface area contributed by atoms with Crippen molar-refractivity contribution in [2.45, 2.75) is 18.4 Å². The van der Waals surface area contributed by atoms with Gasteiger partial charge >= 0.3 is 5.97 Å². The average Bonchev–Trinajstić information content (AvgIpc) is 2.90. The van der Waals surface area contributed by atoms with E-state index in [4.69, 9.17) is 4.74 Å². The molecule has 6 nitrogen and oxygen atoms in total. The van der Waals surface area contributed by atoms with Crippen molar-refractivity contribution in [3.63, 3.8) is 0 Å². The lowest BCUT2D eigenvalue weighted by molar-refractivity contribution is 0.0504. The van der Waals surface area contributed by atoms with E-state index in [2.05, 4.69) is 15.5 Å². The van der Waals surface area contributed by atoms with Gasteiger partial charge in [0.15, 0.2) is 0 Å². The van der Waals surface area contributed by atoms with Crippen LogP contribution >= 0.6 is 11.8 Å². The van der Waals surface area contributed by atoms with Crippen LogP contribution in [0.3, 0.4) is 0 Å². The van der Waals surface area contributed by atoms with Gasteiger partial charge in [-0.3, -0.25) is 0 Å². The first-order valence-electron chi connectivity index (χ1n) is 6.02. The minimum Gasteiger partial charge on any atom is -0.460 e. The maximum atomic E-state index is 12.8. The Hall–Kier alpha value is -1.96. The quantitative estimate of drug-likeness (QED) is 0.598. The standard InChI is InChI=1S/C12H13FN4O2S/c1-2-19-12(18)11-14-15-16-17(11)7-8-20-10-5-3-9(13)4-6-10/h3-6H,2,7-8H2,1H3. The van der Waals surface area contributed by atoms with E-state index >= 15 is 0 Å². The molecule has 0 saturated carbocycles. The van der Waals surface area contributed by atoms with Crippen LogP contribution in [0.5, 0.6) is 0 Å². The second-order valence-corrected chi connectivity index (χ2v) is 4.92. The van der Waals surface area contributed by atoms with Gasteiger partial charge in [0, 0.05) is 10.6 Å². The van der Waals surface area contributed by atoms with E-state index in [9.17, 15) is 9.18 Å². The summed E-state index contributed by atoms with van der Waals surface area (Å²) in [5, 5.41) is 10.9. The van der Waals surface area contributed by atoms with Crippen LogP contribution in [0.15, 0.2) is 29.2 Å². The number of aromatic nitrogens is 4. The number of ether oxygens (including phenoxy) is 1. The largest absolute Gasteiger partial charge is 0.460 e. The lowest BCUT2D eigenvalue weighted by Gasteiger charge is -2.04. The van der Waals surface area contributed by atoms with E-state index in [0.717, 1.165) is 4.90 Å². The molecule has 0 spiro atoms. The zero-order valence-electron chi connectivity index (χ0n) is 10.8. The number of benzene rings is 1. The summed E-state index contributed by atoms with van der Waals surface area (Å²) in [7, 11) is 0. The molecule has 0 amide bonds. The molecular formula is C12H13FN4O2S. The molecule has 0 aliphatic rings. The number of tetrazole rings is 1. The number of aryl methyl sites for hydroxylation is 1. The third kappa shape index (κ3) is 3.77. The molecule has 1 aromatic carbocycles. The lowest BCUT2D eigenvalue weighted by Crippen LogP contribution is -2.15. The molecule has 20 heavy (non-hydrogen) atoms. The highest BCUT2D eigenvalue weighted by Crippen LogP contribution is 2.18. The first kappa shape index (κ1) is 14.4. The third-order valence-electron chi connectivity index (χ3n) is 2.38. The van der Waals surface area contributed by atoms with E-state index in [1.807, 2.05) is 0 Å². The highest BCUT2D eigenvalue weighted by Gasteiger charge is 2.16. The summed E-state index contributed by atoms with van der Waals surface area (Å²) < 4.78 is 19.0. The first-order chi connectivity index (χ1) is 9.70. The molecule has 0 N–H and O–H groups in total. The van der Waals surface area contributed by atoms with Crippen LogP contribution in [0.2, 0.25) is 0 Å². The topological polar surface area (TPSA) is 69.9 Å². The van der Waals surface area contributed by atoms with Crippen molar-refractivity contribution in [2.75, 3.05) is 12.4 Å². The second kappa shape index (κ2) is 6.99. The van der Waals surface area contributed by atoms with E-state index < -0.39 is 5.97 Å². The SMILES string of the molecule is CCOC(=O)c1nnnn1CCSc1ccc(F)cc1. The van der Waals surface area contributed by atoms with Crippen LogP contribution in [0.25, 0.3) is 0 Å². The van der Waals surface area contributed by atoms with Crippen molar-refractivity contribution in [1.29, 1.82) is 0 Å². The van der Waals surface area contributed by atoms with Gasteiger partial charge in [-0.15, -0.1) is 16.9 Å². The highest BCUT2D eigenvalue weighted by atomic mass is 32.2. The molecule has 0 aliphatic carbocycles. The normalized spacial score (nSPS) is 10.5. The number of hydrogen-bond acceptors (Lipinski definition) is 6. The number of carbonyl (C=O) groups excluding carboxylic acids is 1. The number of rotatable bonds is 6. The number of hydrogen-bond donors (Lipinski definition) is 0. The first-order valence-corrected chi connectivity index (χ1v) is 7.01. The molecule has 0 unspecified atom stereocenters. The molecule has 0 aliphatic heterocycles. The Kier molecular flexibility index (Phi) is 5.05. The van der Waals surface area contributed by atoms with Crippen molar-refractivity contribution in [3.05, 3.63) is 35.9 Å². The number of esters is 1. The van der Waals surface area contributed by atoms with Crippen LogP contribution in [0.4, 0.5) is 4.39 Å². The van der Waals surface area contributed by atoms with Gasteiger partial charge < -0.3 is 4.74 Å². The summed E-state index contributed by atoms with van der Waals surface area (Å²) in [6.45, 7) is 2.45. The van der Waals surface area contributed by atoms with Gasteiger partial charge in [-0.25, -0.2) is 13.9 Å². The molecular weight excluding hydrogens is 283 g/mol. The summed E-state index contributed by atoms with van der Waals surface area (Å²) in [4.78, 5) is 12.5. The molecule has 8 heteroatoms. The fourth-order valence-electron chi connectivity index (χ4n) is 1.48. The van der Waals surface area contributed by atoms with E-state index in [-0.39, 0.29) is 18.2 Å². The van der Waals surface area contributed by atoms with Gasteiger partial charge in [0.25, 0.3) is 5.82 Å². The van der Waals surface area contributed by atoms with Crippen molar-refractivity contribution in [3.8, 4) is 0 Å². The Morgan fingerprint density at radius 3 is 2.85 bits per heavy atom. The fraction of sp³-hybridized carbons (Fsp3) is 0.333. The zero-order valence-corrected chi connectivity index (χ0v) is 11.6. The molecule has 0 radical (unpaired) electrons. The van der Waals surface area contributed by atoms with Crippen LogP contribution in [-0.2, 0) is 11.3 Å². The van der Waals surface area contributed by atoms with Crippen molar-refractivity contribution in [1.82, 2.24) is 20.2 Å². The van der Waals surface area contributed by atoms with Crippen molar-refractivity contribution in [2.24, 2.45) is 0 Å². The molecule has 106 valence electrons. The Morgan fingerprint density at radius 2 is 2.15 bits per heavy atom. The Morgan fingerprint density at radius 1 is 1.40 bits per heavy atom. The molecule has 0 fully saturated rings. The van der Waals surface area contributed by atoms with Gasteiger partial charge in [-0.05, 0) is 41.6 Å². The van der Waals surface area contributed by atoms with Gasteiger partial charge in [0.2, 0.25) is 0 Å². The van der Waals surface area contributed by atoms with E-state index in [1.54, 1.807) is 19.1 Å². The smallest absolute Gasteiger partial charge is 0.378 e. The van der Waals surface area contributed by atoms with Crippen molar-refractivity contribution < 1.29 is 13.9 Å². The zero-order chi connectivity index (χ0) is 14.4. The van der Waals surface area contributed by atoms with Gasteiger partial charge in [0.05, 0.1) is 13.2 Å². The summed E-state index contributed by atoms with van der Waals surface area (Å²) in [6, 6.07) is 6.21. The predicted octanol–water partition coefficient (Wildman–Crippen LogP) is 1.78. The van der Waals surface area contributed by atoms with Crippen LogP contribution in [-0.4, -0.2) is 38.5 Å². The number of carbonyl (C=O) groups is 1. The summed E-state index contributed by atoms with van der Waals surface area (Å²) >= 11 is 1.53. The molecule has 0 atom stereocenters. The Labute approximate surface area is 119 Å². The molecule has 0 saturated heterocycles.